The van der Waals surface area contributed by atoms with E-state index in [1.807, 2.05) is 0 Å². The molecule has 0 atom stereocenters. The SMILES string of the molecule is CC(C)(COc1cnc(-c2ccc(-c3ncc(C(F)(F)F)[nH]3)nc2)cn1)C(=O)O. The number of aromatic amines is 1. The average molecular weight is 407 g/mol. The standard InChI is InChI=1S/C18H16F3N5O3/c1-17(2,16(27)28)9-29-14-8-23-12(6-24-14)10-3-4-11(22-5-10)15-25-7-13(26-15)18(19,20)21/h3-8H,9H2,1-2H3,(H,25,26)(H,27,28). The molecule has 0 aromatic carbocycles. The second-order valence-corrected chi connectivity index (χ2v) is 6.79. The Morgan fingerprint density at radius 2 is 1.76 bits per heavy atom. The minimum Gasteiger partial charge on any atom is -0.481 e. The molecule has 3 aromatic heterocycles. The van der Waals surface area contributed by atoms with Gasteiger partial charge in [-0.3, -0.25) is 9.78 Å². The lowest BCUT2D eigenvalue weighted by Crippen LogP contribution is -2.30. The van der Waals surface area contributed by atoms with Crippen LogP contribution < -0.4 is 4.74 Å². The summed E-state index contributed by atoms with van der Waals surface area (Å²) in [5.41, 5.74) is -0.734. The first-order chi connectivity index (χ1) is 13.6. The third-order valence-electron chi connectivity index (χ3n) is 3.97. The second-order valence-electron chi connectivity index (χ2n) is 6.79. The first kappa shape index (κ1) is 20.2. The molecule has 8 nitrogen and oxygen atoms in total. The van der Waals surface area contributed by atoms with Gasteiger partial charge in [0.25, 0.3) is 0 Å². The summed E-state index contributed by atoms with van der Waals surface area (Å²) in [4.78, 5) is 29.3. The van der Waals surface area contributed by atoms with Crippen molar-refractivity contribution in [1.29, 1.82) is 0 Å². The van der Waals surface area contributed by atoms with Gasteiger partial charge in [0, 0.05) is 11.8 Å². The molecule has 0 unspecified atom stereocenters. The molecule has 0 aliphatic carbocycles. The number of carboxylic acid groups (broad SMARTS) is 1. The molecule has 0 saturated carbocycles. The van der Waals surface area contributed by atoms with E-state index in [0.29, 0.717) is 17.5 Å². The summed E-state index contributed by atoms with van der Waals surface area (Å²) in [6, 6.07) is 3.13. The number of alkyl halides is 3. The van der Waals surface area contributed by atoms with Crippen molar-refractivity contribution in [3.63, 3.8) is 0 Å². The average Bonchev–Trinajstić information content (AvgIpc) is 3.18. The van der Waals surface area contributed by atoms with Crippen LogP contribution in [0.1, 0.15) is 19.5 Å². The van der Waals surface area contributed by atoms with Crippen molar-refractivity contribution >= 4 is 5.97 Å². The van der Waals surface area contributed by atoms with Gasteiger partial charge in [0.2, 0.25) is 5.88 Å². The highest BCUT2D eigenvalue weighted by atomic mass is 19.4. The van der Waals surface area contributed by atoms with Crippen LogP contribution in [0.3, 0.4) is 0 Å². The van der Waals surface area contributed by atoms with Gasteiger partial charge in [-0.1, -0.05) is 0 Å². The number of aromatic nitrogens is 5. The van der Waals surface area contributed by atoms with Crippen molar-refractivity contribution < 1.29 is 27.8 Å². The van der Waals surface area contributed by atoms with E-state index in [1.165, 1.54) is 38.5 Å². The summed E-state index contributed by atoms with van der Waals surface area (Å²) >= 11 is 0. The third-order valence-corrected chi connectivity index (χ3v) is 3.97. The molecule has 3 aromatic rings. The number of aliphatic carboxylic acids is 1. The fourth-order valence-corrected chi connectivity index (χ4v) is 2.14. The van der Waals surface area contributed by atoms with Crippen LogP contribution in [0.2, 0.25) is 0 Å². The van der Waals surface area contributed by atoms with Crippen LogP contribution in [0.25, 0.3) is 22.8 Å². The molecule has 2 N–H and O–H groups in total. The van der Waals surface area contributed by atoms with E-state index in [4.69, 9.17) is 9.84 Å². The topological polar surface area (TPSA) is 114 Å². The summed E-state index contributed by atoms with van der Waals surface area (Å²) in [5.74, 6) is -0.824. The van der Waals surface area contributed by atoms with E-state index in [1.54, 1.807) is 6.07 Å². The minimum absolute atomic E-state index is 0.000229. The van der Waals surface area contributed by atoms with E-state index in [-0.39, 0.29) is 24.0 Å². The Balaban J connectivity index is 1.70. The number of rotatable bonds is 6. The number of hydrogen-bond acceptors (Lipinski definition) is 6. The Morgan fingerprint density at radius 3 is 2.28 bits per heavy atom. The Kier molecular flexibility index (Phi) is 5.23. The van der Waals surface area contributed by atoms with Crippen molar-refractivity contribution in [1.82, 2.24) is 24.9 Å². The summed E-state index contributed by atoms with van der Waals surface area (Å²) in [7, 11) is 0. The number of carbonyl (C=O) groups is 1. The van der Waals surface area contributed by atoms with Crippen LogP contribution in [0.4, 0.5) is 13.2 Å². The number of pyridine rings is 1. The molecular weight excluding hydrogens is 391 g/mol. The molecule has 0 amide bonds. The second kappa shape index (κ2) is 7.49. The van der Waals surface area contributed by atoms with Gasteiger partial charge in [0.15, 0.2) is 5.82 Å². The normalized spacial score (nSPS) is 12.0. The number of nitrogens with one attached hydrogen (secondary N) is 1. The van der Waals surface area contributed by atoms with Crippen molar-refractivity contribution in [3.05, 3.63) is 42.6 Å². The molecule has 3 rings (SSSR count). The van der Waals surface area contributed by atoms with E-state index >= 15 is 0 Å². The van der Waals surface area contributed by atoms with E-state index in [2.05, 4.69) is 24.9 Å². The van der Waals surface area contributed by atoms with Crippen LogP contribution in [0.5, 0.6) is 5.88 Å². The number of ether oxygens (including phenoxy) is 1. The molecule has 29 heavy (non-hydrogen) atoms. The lowest BCUT2D eigenvalue weighted by atomic mass is 9.95. The summed E-state index contributed by atoms with van der Waals surface area (Å²) < 4.78 is 43.3. The number of nitrogens with zero attached hydrogens (tertiary/aromatic N) is 4. The molecule has 0 spiro atoms. The molecule has 3 heterocycles. The van der Waals surface area contributed by atoms with Gasteiger partial charge in [-0.15, -0.1) is 0 Å². The maximum atomic E-state index is 12.6. The van der Waals surface area contributed by atoms with Crippen LogP contribution >= 0.6 is 0 Å². The molecule has 0 fully saturated rings. The number of imidazole rings is 1. The third kappa shape index (κ3) is 4.68. The fraction of sp³-hybridized carbons (Fsp3) is 0.278. The van der Waals surface area contributed by atoms with E-state index < -0.39 is 23.3 Å². The zero-order valence-electron chi connectivity index (χ0n) is 15.4. The zero-order valence-corrected chi connectivity index (χ0v) is 15.4. The Bertz CT molecular complexity index is 999. The number of carboxylic acids is 1. The monoisotopic (exact) mass is 407 g/mol. The van der Waals surface area contributed by atoms with E-state index in [9.17, 15) is 18.0 Å². The van der Waals surface area contributed by atoms with Crippen LogP contribution in [0, 0.1) is 5.41 Å². The molecular formula is C18H16F3N5O3. The van der Waals surface area contributed by atoms with Crippen molar-refractivity contribution in [3.8, 4) is 28.7 Å². The van der Waals surface area contributed by atoms with Crippen LogP contribution in [0.15, 0.2) is 36.9 Å². The number of halogens is 3. The highest BCUT2D eigenvalue weighted by molar-refractivity contribution is 5.73. The number of H-pyrrole nitrogens is 1. The molecule has 0 radical (unpaired) electrons. The first-order valence-corrected chi connectivity index (χ1v) is 8.33. The minimum atomic E-state index is -4.51. The maximum Gasteiger partial charge on any atom is 0.432 e. The highest BCUT2D eigenvalue weighted by Gasteiger charge is 2.33. The van der Waals surface area contributed by atoms with Crippen LogP contribution in [-0.2, 0) is 11.0 Å². The van der Waals surface area contributed by atoms with Gasteiger partial charge in [-0.2, -0.15) is 13.2 Å². The predicted octanol–water partition coefficient (Wildman–Crippen LogP) is 3.44. The molecule has 0 saturated heterocycles. The van der Waals surface area contributed by atoms with Gasteiger partial charge in [0.1, 0.15) is 18.0 Å². The lowest BCUT2D eigenvalue weighted by molar-refractivity contribution is -0.148. The first-order valence-electron chi connectivity index (χ1n) is 8.33. The lowest BCUT2D eigenvalue weighted by Gasteiger charge is -2.18. The molecule has 0 bridgehead atoms. The van der Waals surface area contributed by atoms with Gasteiger partial charge in [-0.25, -0.2) is 15.0 Å². The maximum absolute atomic E-state index is 12.6. The summed E-state index contributed by atoms with van der Waals surface area (Å²) in [6.07, 6.45) is 0.409. The van der Waals surface area contributed by atoms with Gasteiger partial charge in [-0.05, 0) is 26.0 Å². The molecule has 0 aliphatic rings. The predicted molar refractivity (Wildman–Crippen MR) is 94.8 cm³/mol. The Morgan fingerprint density at radius 1 is 1.03 bits per heavy atom. The highest BCUT2D eigenvalue weighted by Crippen LogP contribution is 2.29. The molecule has 0 aliphatic heterocycles. The quantitative estimate of drug-likeness (QED) is 0.643. The summed E-state index contributed by atoms with van der Waals surface area (Å²) in [5, 5.41) is 9.07. The van der Waals surface area contributed by atoms with E-state index in [0.717, 1.165) is 0 Å². The Hall–Kier alpha value is -3.50. The fourth-order valence-electron chi connectivity index (χ4n) is 2.14. The largest absolute Gasteiger partial charge is 0.481 e. The smallest absolute Gasteiger partial charge is 0.432 e. The zero-order chi connectivity index (χ0) is 21.2. The van der Waals surface area contributed by atoms with Gasteiger partial charge < -0.3 is 14.8 Å². The van der Waals surface area contributed by atoms with Crippen molar-refractivity contribution in [2.45, 2.75) is 20.0 Å². The summed E-state index contributed by atoms with van der Waals surface area (Å²) in [6.45, 7) is 2.98. The van der Waals surface area contributed by atoms with Crippen LogP contribution in [-0.4, -0.2) is 42.6 Å². The Labute approximate surface area is 162 Å². The van der Waals surface area contributed by atoms with Gasteiger partial charge >= 0.3 is 12.1 Å². The van der Waals surface area contributed by atoms with Gasteiger partial charge in [0.05, 0.1) is 29.7 Å². The molecule has 152 valence electrons. The van der Waals surface area contributed by atoms with Crippen molar-refractivity contribution in [2.24, 2.45) is 5.41 Å². The van der Waals surface area contributed by atoms with Crippen molar-refractivity contribution in [2.75, 3.05) is 6.61 Å². The molecule has 11 heteroatoms. The number of hydrogen-bond donors (Lipinski definition) is 2.